The zero-order valence-electron chi connectivity index (χ0n) is 18.4. The van der Waals surface area contributed by atoms with Crippen molar-refractivity contribution < 1.29 is 19.1 Å². The van der Waals surface area contributed by atoms with Gasteiger partial charge in [0.05, 0.1) is 18.4 Å². The molecule has 2 heterocycles. The second-order valence-electron chi connectivity index (χ2n) is 7.92. The molecule has 0 bridgehead atoms. The van der Waals surface area contributed by atoms with Gasteiger partial charge in [-0.15, -0.1) is 0 Å². The lowest BCUT2D eigenvalue weighted by atomic mass is 10.2. The summed E-state index contributed by atoms with van der Waals surface area (Å²) in [6.45, 7) is 4.02. The fourth-order valence-corrected chi connectivity index (χ4v) is 3.52. The average Bonchev–Trinajstić information content (AvgIpc) is 3.59. The molecule has 2 aromatic heterocycles. The van der Waals surface area contributed by atoms with E-state index in [9.17, 15) is 9.59 Å². The lowest BCUT2D eigenvalue weighted by molar-refractivity contribution is -0.135. The summed E-state index contributed by atoms with van der Waals surface area (Å²) in [6.07, 6.45) is 3.37. The normalized spacial score (nSPS) is 13.0. The third-order valence-corrected chi connectivity index (χ3v) is 5.36. The van der Waals surface area contributed by atoms with Crippen LogP contribution in [0.25, 0.3) is 5.82 Å². The van der Waals surface area contributed by atoms with Crippen LogP contribution in [-0.2, 0) is 16.1 Å². The molecule has 0 N–H and O–H groups in total. The fourth-order valence-electron chi connectivity index (χ4n) is 3.52. The molecule has 1 aliphatic carbocycles. The van der Waals surface area contributed by atoms with E-state index in [4.69, 9.17) is 9.47 Å². The molecule has 3 aromatic rings. The number of benzene rings is 1. The number of nitrogens with zero attached hydrogens (tertiary/aromatic N) is 4. The van der Waals surface area contributed by atoms with Crippen molar-refractivity contribution in [1.29, 1.82) is 0 Å². The van der Waals surface area contributed by atoms with Crippen LogP contribution < -0.4 is 4.74 Å². The highest BCUT2D eigenvalue weighted by Crippen LogP contribution is 2.29. The van der Waals surface area contributed by atoms with Crippen molar-refractivity contribution in [3.8, 4) is 11.6 Å². The molecular weight excluding hydrogens is 408 g/mol. The van der Waals surface area contributed by atoms with Gasteiger partial charge in [-0.05, 0) is 62.6 Å². The Bertz CT molecular complexity index is 1100. The summed E-state index contributed by atoms with van der Waals surface area (Å²) in [5.74, 6) is 0.599. The van der Waals surface area contributed by atoms with Crippen molar-refractivity contribution in [2.24, 2.45) is 0 Å². The summed E-state index contributed by atoms with van der Waals surface area (Å²) in [7, 11) is 1.62. The Balaban J connectivity index is 1.35. The van der Waals surface area contributed by atoms with Gasteiger partial charge < -0.3 is 14.4 Å². The van der Waals surface area contributed by atoms with Gasteiger partial charge in [-0.1, -0.05) is 12.1 Å². The number of rotatable bonds is 8. The Morgan fingerprint density at radius 1 is 1.12 bits per heavy atom. The average molecular weight is 434 g/mol. The van der Waals surface area contributed by atoms with Crippen LogP contribution in [0.4, 0.5) is 0 Å². The Morgan fingerprint density at radius 3 is 2.44 bits per heavy atom. The quantitative estimate of drug-likeness (QED) is 0.506. The fraction of sp³-hybridized carbons (Fsp3) is 0.333. The van der Waals surface area contributed by atoms with Gasteiger partial charge in [0.25, 0.3) is 5.91 Å². The summed E-state index contributed by atoms with van der Waals surface area (Å²) in [4.78, 5) is 31.3. The second kappa shape index (κ2) is 9.21. The van der Waals surface area contributed by atoms with E-state index in [-0.39, 0.29) is 24.1 Å². The van der Waals surface area contributed by atoms with E-state index in [1.807, 2.05) is 44.2 Å². The van der Waals surface area contributed by atoms with Gasteiger partial charge in [0.15, 0.2) is 12.4 Å². The van der Waals surface area contributed by atoms with Crippen LogP contribution in [0.2, 0.25) is 0 Å². The minimum absolute atomic E-state index is 0.199. The molecule has 0 atom stereocenters. The maximum atomic E-state index is 12.8. The first-order valence-corrected chi connectivity index (χ1v) is 10.5. The van der Waals surface area contributed by atoms with Crippen LogP contribution in [0.3, 0.4) is 0 Å². The molecular formula is C24H26N4O4. The maximum absolute atomic E-state index is 12.8. The Labute approximate surface area is 186 Å². The van der Waals surface area contributed by atoms with E-state index in [0.29, 0.717) is 12.4 Å². The van der Waals surface area contributed by atoms with Crippen LogP contribution in [0, 0.1) is 13.8 Å². The zero-order chi connectivity index (χ0) is 22.7. The van der Waals surface area contributed by atoms with E-state index in [1.165, 1.54) is 6.20 Å². The van der Waals surface area contributed by atoms with Gasteiger partial charge in [-0.2, -0.15) is 5.10 Å². The number of carbonyl (C=O) groups is 2. The zero-order valence-corrected chi connectivity index (χ0v) is 18.4. The monoisotopic (exact) mass is 434 g/mol. The summed E-state index contributed by atoms with van der Waals surface area (Å²) < 4.78 is 12.2. The van der Waals surface area contributed by atoms with Gasteiger partial charge >= 0.3 is 5.97 Å². The third kappa shape index (κ3) is 4.96. The van der Waals surface area contributed by atoms with Crippen LogP contribution in [-0.4, -0.2) is 51.3 Å². The first-order valence-electron chi connectivity index (χ1n) is 10.5. The van der Waals surface area contributed by atoms with Crippen LogP contribution >= 0.6 is 0 Å². The molecule has 1 amide bonds. The summed E-state index contributed by atoms with van der Waals surface area (Å²) >= 11 is 0. The Morgan fingerprint density at radius 2 is 1.88 bits per heavy atom. The summed E-state index contributed by atoms with van der Waals surface area (Å²) in [5.41, 5.74) is 3.13. The van der Waals surface area contributed by atoms with Gasteiger partial charge in [-0.25, -0.2) is 14.5 Å². The highest BCUT2D eigenvalue weighted by atomic mass is 16.5. The number of ether oxygens (including phenoxy) is 2. The molecule has 4 rings (SSSR count). The van der Waals surface area contributed by atoms with E-state index in [1.54, 1.807) is 28.8 Å². The molecule has 0 aliphatic heterocycles. The number of pyridine rings is 1. The molecule has 166 valence electrons. The van der Waals surface area contributed by atoms with Gasteiger partial charge in [-0.3, -0.25) is 4.79 Å². The summed E-state index contributed by atoms with van der Waals surface area (Å²) in [6, 6.07) is 13.1. The molecule has 8 heteroatoms. The second-order valence-corrected chi connectivity index (χ2v) is 7.92. The van der Waals surface area contributed by atoms with E-state index in [0.717, 1.165) is 35.5 Å². The number of esters is 1. The lowest BCUT2D eigenvalue weighted by Gasteiger charge is -2.22. The number of hydrogen-bond acceptors (Lipinski definition) is 6. The number of aromatic nitrogens is 3. The van der Waals surface area contributed by atoms with Crippen LogP contribution in [0.15, 0.2) is 48.7 Å². The van der Waals surface area contributed by atoms with Crippen molar-refractivity contribution in [1.82, 2.24) is 19.7 Å². The predicted molar refractivity (Wildman–Crippen MR) is 118 cm³/mol. The number of carbonyl (C=O) groups excluding carboxylic acids is 2. The number of amides is 1. The smallest absolute Gasteiger partial charge is 0.340 e. The molecule has 32 heavy (non-hydrogen) atoms. The molecule has 0 radical (unpaired) electrons. The Hall–Kier alpha value is -3.68. The van der Waals surface area contributed by atoms with Crippen LogP contribution in [0.1, 0.15) is 40.2 Å². The first-order chi connectivity index (χ1) is 15.4. The molecule has 1 aromatic carbocycles. The molecule has 1 saturated carbocycles. The van der Waals surface area contributed by atoms with Gasteiger partial charge in [0.2, 0.25) is 0 Å². The van der Waals surface area contributed by atoms with Gasteiger partial charge in [0.1, 0.15) is 5.75 Å². The van der Waals surface area contributed by atoms with E-state index < -0.39 is 5.97 Å². The molecule has 1 aliphatic rings. The maximum Gasteiger partial charge on any atom is 0.340 e. The minimum atomic E-state index is -0.578. The number of hydrogen-bond donors (Lipinski definition) is 0. The van der Waals surface area contributed by atoms with E-state index >= 15 is 0 Å². The number of aryl methyl sites for hydroxylation is 2. The van der Waals surface area contributed by atoms with Crippen molar-refractivity contribution in [3.05, 3.63) is 71.2 Å². The third-order valence-electron chi connectivity index (χ3n) is 5.36. The highest BCUT2D eigenvalue weighted by Gasteiger charge is 2.33. The highest BCUT2D eigenvalue weighted by molar-refractivity contribution is 5.91. The molecule has 1 fully saturated rings. The SMILES string of the molecule is COc1ccc(CN(C(=O)COC(=O)c2ccc(-n3nc(C)cc3C)nc2)C2CC2)cc1. The number of methoxy groups -OCH3 is 1. The molecule has 0 spiro atoms. The van der Waals surface area contributed by atoms with Crippen molar-refractivity contribution in [2.45, 2.75) is 39.3 Å². The predicted octanol–water partition coefficient (Wildman–Crippen LogP) is 3.24. The molecule has 0 unspecified atom stereocenters. The first kappa shape index (κ1) is 21.5. The minimum Gasteiger partial charge on any atom is -0.497 e. The standard InChI is InChI=1S/C24H26N4O4/c1-16-12-17(2)28(26-16)22-11-6-19(13-25-22)24(30)32-15-23(29)27(20-7-8-20)14-18-4-9-21(31-3)10-5-18/h4-6,9-13,20H,7-8,14-15H2,1-3H3. The molecule has 8 nitrogen and oxygen atoms in total. The molecule has 0 saturated heterocycles. The topological polar surface area (TPSA) is 86.5 Å². The van der Waals surface area contributed by atoms with E-state index in [2.05, 4.69) is 10.1 Å². The Kier molecular flexibility index (Phi) is 6.20. The summed E-state index contributed by atoms with van der Waals surface area (Å²) in [5, 5.41) is 4.38. The largest absolute Gasteiger partial charge is 0.497 e. The van der Waals surface area contributed by atoms with Crippen molar-refractivity contribution in [3.63, 3.8) is 0 Å². The lowest BCUT2D eigenvalue weighted by Crippen LogP contribution is -2.36. The van der Waals surface area contributed by atoms with Crippen molar-refractivity contribution in [2.75, 3.05) is 13.7 Å². The van der Waals surface area contributed by atoms with Gasteiger partial charge in [0, 0.05) is 24.5 Å². The van der Waals surface area contributed by atoms with Crippen molar-refractivity contribution >= 4 is 11.9 Å². The van der Waals surface area contributed by atoms with Crippen LogP contribution in [0.5, 0.6) is 5.75 Å².